The van der Waals surface area contributed by atoms with Gasteiger partial charge < -0.3 is 19.3 Å². The summed E-state index contributed by atoms with van der Waals surface area (Å²) in [5, 5.41) is 0. The Balaban J connectivity index is 4.03. The Morgan fingerprint density at radius 3 is 1.46 bits per heavy atom. The smallest absolute Gasteiger partial charge is 0.462 e. The lowest BCUT2D eigenvalue weighted by atomic mass is 10.1. The second-order valence-corrected chi connectivity index (χ2v) is 13.5. The third kappa shape index (κ3) is 35.1. The third-order valence-electron chi connectivity index (χ3n) is 7.66. The fraction of sp³-hybridized carbons (Fsp3) is 0.784. The first kappa shape index (κ1) is 44.3. The lowest BCUT2D eigenvalue weighted by molar-refractivity contribution is -0.161. The fourth-order valence-corrected chi connectivity index (χ4v) is 5.25. The molecule has 0 radical (unpaired) electrons. The van der Waals surface area contributed by atoms with E-state index < -0.39 is 32.5 Å². The predicted octanol–water partition coefficient (Wildman–Crippen LogP) is 10.6. The first-order chi connectivity index (χ1) is 22.3. The van der Waals surface area contributed by atoms with E-state index >= 15 is 0 Å². The number of esters is 2. The van der Waals surface area contributed by atoms with E-state index in [0.29, 0.717) is 12.8 Å². The maximum absolute atomic E-state index is 12.3. The summed E-state index contributed by atoms with van der Waals surface area (Å²) in [6.45, 7) is 3.61. The van der Waals surface area contributed by atoms with Gasteiger partial charge in [-0.1, -0.05) is 127 Å². The molecule has 0 saturated carbocycles. The van der Waals surface area contributed by atoms with Crippen LogP contribution in [0.15, 0.2) is 36.5 Å². The third-order valence-corrected chi connectivity index (χ3v) is 8.14. The molecule has 0 aliphatic rings. The van der Waals surface area contributed by atoms with E-state index in [0.717, 1.165) is 77.0 Å². The molecule has 2 N–H and O–H groups in total. The monoisotopic (exact) mass is 670 g/mol. The molecular formula is C37H67O8P. The van der Waals surface area contributed by atoms with Gasteiger partial charge in [-0.3, -0.25) is 14.1 Å². The zero-order valence-electron chi connectivity index (χ0n) is 29.2. The molecule has 46 heavy (non-hydrogen) atoms. The van der Waals surface area contributed by atoms with Crippen LogP contribution in [0.2, 0.25) is 0 Å². The lowest BCUT2D eigenvalue weighted by Gasteiger charge is -2.18. The zero-order chi connectivity index (χ0) is 34.0. The van der Waals surface area contributed by atoms with Crippen molar-refractivity contribution in [1.82, 2.24) is 0 Å². The van der Waals surface area contributed by atoms with Crippen molar-refractivity contribution in [3.05, 3.63) is 36.5 Å². The van der Waals surface area contributed by atoms with Gasteiger partial charge in [0.05, 0.1) is 6.61 Å². The number of phosphoric acid groups is 1. The molecule has 0 amide bonds. The Bertz CT molecular complexity index is 848. The second kappa shape index (κ2) is 33.2. The molecule has 0 fully saturated rings. The molecule has 0 rings (SSSR count). The van der Waals surface area contributed by atoms with Crippen LogP contribution in [-0.2, 0) is 28.2 Å². The number of hydrogen-bond donors (Lipinski definition) is 2. The summed E-state index contributed by atoms with van der Waals surface area (Å²) in [5.41, 5.74) is 0. The Morgan fingerprint density at radius 1 is 0.565 bits per heavy atom. The van der Waals surface area contributed by atoms with Crippen molar-refractivity contribution in [2.45, 2.75) is 174 Å². The van der Waals surface area contributed by atoms with Crippen molar-refractivity contribution >= 4 is 19.8 Å². The molecule has 8 nitrogen and oxygen atoms in total. The van der Waals surface area contributed by atoms with E-state index in [4.69, 9.17) is 19.3 Å². The van der Waals surface area contributed by atoms with Gasteiger partial charge in [-0.25, -0.2) is 4.57 Å². The number of carbonyl (C=O) groups is 2. The predicted molar refractivity (Wildman–Crippen MR) is 188 cm³/mol. The van der Waals surface area contributed by atoms with Crippen molar-refractivity contribution in [2.75, 3.05) is 13.2 Å². The highest BCUT2D eigenvalue weighted by Gasteiger charge is 2.22. The molecule has 0 spiro atoms. The normalized spacial score (nSPS) is 12.9. The molecule has 0 aliphatic carbocycles. The van der Waals surface area contributed by atoms with Gasteiger partial charge in [0.25, 0.3) is 0 Å². The maximum atomic E-state index is 12.3. The molecule has 268 valence electrons. The van der Waals surface area contributed by atoms with E-state index in [1.165, 1.54) is 51.4 Å². The molecule has 0 aromatic rings. The number of hydrogen-bond acceptors (Lipinski definition) is 6. The molecule has 0 unspecified atom stereocenters. The Labute approximate surface area is 281 Å². The van der Waals surface area contributed by atoms with Gasteiger partial charge >= 0.3 is 19.8 Å². The molecule has 0 aromatic heterocycles. The van der Waals surface area contributed by atoms with Gasteiger partial charge in [-0.15, -0.1) is 0 Å². The van der Waals surface area contributed by atoms with Crippen molar-refractivity contribution in [1.29, 1.82) is 0 Å². The highest BCUT2D eigenvalue weighted by atomic mass is 31.2. The number of allylic oxidation sites excluding steroid dienone is 6. The average molecular weight is 671 g/mol. The molecule has 1 atom stereocenters. The van der Waals surface area contributed by atoms with Crippen LogP contribution in [0.5, 0.6) is 0 Å². The molecule has 0 saturated heterocycles. The minimum atomic E-state index is -4.75. The van der Waals surface area contributed by atoms with E-state index in [1.807, 2.05) is 0 Å². The summed E-state index contributed by atoms with van der Waals surface area (Å²) in [7, 11) is -4.75. The van der Waals surface area contributed by atoms with Crippen molar-refractivity contribution in [3.63, 3.8) is 0 Å². The standard InChI is InChI=1S/C37H67O8P/c1-3-5-7-9-11-13-15-17-18-20-21-23-25-27-29-31-36(38)43-33-35(34-44-46(40,41)42)45-37(39)32-30-28-26-24-22-19-16-14-12-10-8-6-4-2/h13-18,35H,3-12,19-34H2,1-2H3,(H2,40,41,42)/b15-13+,16-14+,18-17+/t35-/m1/s1. The van der Waals surface area contributed by atoms with Crippen molar-refractivity contribution in [3.8, 4) is 0 Å². The van der Waals surface area contributed by atoms with Crippen molar-refractivity contribution in [2.24, 2.45) is 0 Å². The summed E-state index contributed by atoms with van der Waals surface area (Å²) in [6, 6.07) is 0. The minimum Gasteiger partial charge on any atom is -0.462 e. The molecule has 0 heterocycles. The number of unbranched alkanes of at least 4 members (excludes halogenated alkanes) is 18. The van der Waals surface area contributed by atoms with Gasteiger partial charge in [0.1, 0.15) is 6.61 Å². The SMILES string of the molecule is CCCCCC/C=C/C=C/CCCCCCCC(=O)OC[C@H](COP(=O)(O)O)OC(=O)CCCCCCC/C=C/CCCCCC. The highest BCUT2D eigenvalue weighted by Crippen LogP contribution is 2.36. The quantitative estimate of drug-likeness (QED) is 0.0233. The van der Waals surface area contributed by atoms with Crippen LogP contribution < -0.4 is 0 Å². The highest BCUT2D eigenvalue weighted by molar-refractivity contribution is 7.46. The van der Waals surface area contributed by atoms with E-state index in [9.17, 15) is 14.2 Å². The number of phosphoric ester groups is 1. The summed E-state index contributed by atoms with van der Waals surface area (Å²) in [4.78, 5) is 42.6. The topological polar surface area (TPSA) is 119 Å². The van der Waals surface area contributed by atoms with Gasteiger partial charge in [0, 0.05) is 12.8 Å². The Hall–Kier alpha value is -1.73. The van der Waals surface area contributed by atoms with Gasteiger partial charge in [-0.05, 0) is 64.2 Å². The van der Waals surface area contributed by atoms with Crippen molar-refractivity contribution < 1.29 is 37.9 Å². The van der Waals surface area contributed by atoms with Gasteiger partial charge in [-0.2, -0.15) is 0 Å². The average Bonchev–Trinajstić information content (AvgIpc) is 3.02. The van der Waals surface area contributed by atoms with E-state index in [2.05, 4.69) is 54.8 Å². The van der Waals surface area contributed by atoms with Crippen LogP contribution >= 0.6 is 7.82 Å². The molecule has 0 aliphatic heterocycles. The minimum absolute atomic E-state index is 0.198. The van der Waals surface area contributed by atoms with Gasteiger partial charge in [0.2, 0.25) is 0 Å². The second-order valence-electron chi connectivity index (χ2n) is 12.2. The van der Waals surface area contributed by atoms with Crippen LogP contribution in [-0.4, -0.2) is 41.0 Å². The molecule has 0 aromatic carbocycles. The van der Waals surface area contributed by atoms with E-state index in [-0.39, 0.29) is 19.4 Å². The Kier molecular flexibility index (Phi) is 31.9. The maximum Gasteiger partial charge on any atom is 0.469 e. The Morgan fingerprint density at radius 2 is 0.978 bits per heavy atom. The summed E-state index contributed by atoms with van der Waals surface area (Å²) < 4.78 is 26.2. The first-order valence-electron chi connectivity index (χ1n) is 18.3. The summed E-state index contributed by atoms with van der Waals surface area (Å²) >= 11 is 0. The summed E-state index contributed by atoms with van der Waals surface area (Å²) in [6.07, 6.45) is 37.2. The fourth-order valence-electron chi connectivity index (χ4n) is 4.89. The van der Waals surface area contributed by atoms with Crippen LogP contribution in [0.3, 0.4) is 0 Å². The zero-order valence-corrected chi connectivity index (χ0v) is 30.1. The van der Waals surface area contributed by atoms with Gasteiger partial charge in [0.15, 0.2) is 6.10 Å². The number of ether oxygens (including phenoxy) is 2. The van der Waals surface area contributed by atoms with Crippen LogP contribution in [0, 0.1) is 0 Å². The largest absolute Gasteiger partial charge is 0.469 e. The number of rotatable bonds is 33. The summed E-state index contributed by atoms with van der Waals surface area (Å²) in [5.74, 6) is -0.914. The van der Waals surface area contributed by atoms with Crippen LogP contribution in [0.4, 0.5) is 0 Å². The van der Waals surface area contributed by atoms with E-state index in [1.54, 1.807) is 0 Å². The van der Waals surface area contributed by atoms with Crippen LogP contribution in [0.25, 0.3) is 0 Å². The molecule has 0 bridgehead atoms. The van der Waals surface area contributed by atoms with Crippen LogP contribution in [0.1, 0.15) is 168 Å². The first-order valence-corrected chi connectivity index (χ1v) is 19.8. The lowest BCUT2D eigenvalue weighted by Crippen LogP contribution is -2.29. The molecule has 9 heteroatoms. The molecular weight excluding hydrogens is 603 g/mol. The number of carbonyl (C=O) groups excluding carboxylic acids is 2.